The van der Waals surface area contributed by atoms with Crippen molar-refractivity contribution in [1.29, 1.82) is 0 Å². The molecule has 2 aliphatic rings. The van der Waals surface area contributed by atoms with Gasteiger partial charge in [-0.2, -0.15) is 0 Å². The Morgan fingerprint density at radius 1 is 1.41 bits per heavy atom. The lowest BCUT2D eigenvalue weighted by Gasteiger charge is -2.38. The molecule has 0 aliphatic carbocycles. The number of hydrogen-bond acceptors (Lipinski definition) is 4. The molecule has 6 heteroatoms. The maximum atomic E-state index is 12.4. The van der Waals surface area contributed by atoms with Crippen molar-refractivity contribution < 1.29 is 14.6 Å². The van der Waals surface area contributed by atoms with Crippen molar-refractivity contribution in [3.8, 4) is 5.75 Å². The molecule has 3 atom stereocenters. The molecule has 0 bridgehead atoms. The molecule has 1 fully saturated rings. The van der Waals surface area contributed by atoms with Crippen molar-refractivity contribution in [3.63, 3.8) is 0 Å². The van der Waals surface area contributed by atoms with Gasteiger partial charge in [-0.15, -0.1) is 12.4 Å². The number of carbonyl (C=O) groups is 1. The molecule has 5 nitrogen and oxygen atoms in total. The van der Waals surface area contributed by atoms with Gasteiger partial charge in [-0.3, -0.25) is 4.79 Å². The van der Waals surface area contributed by atoms with E-state index in [1.807, 2.05) is 38.1 Å². The lowest BCUT2D eigenvalue weighted by Crippen LogP contribution is -2.46. The first-order valence-electron chi connectivity index (χ1n) is 7.44. The van der Waals surface area contributed by atoms with E-state index in [1.54, 1.807) is 0 Å². The van der Waals surface area contributed by atoms with E-state index in [0.29, 0.717) is 13.0 Å². The number of β-amino-alcohol motifs (C(OH)–C–C–N with tert-alkyl or cyclic N) is 1. The second-order valence-electron chi connectivity index (χ2n) is 6.52. The Morgan fingerprint density at radius 3 is 2.82 bits per heavy atom. The number of nitrogens with one attached hydrogen (secondary N) is 2. The monoisotopic (exact) mass is 326 g/mol. The van der Waals surface area contributed by atoms with Crippen molar-refractivity contribution in [2.24, 2.45) is 0 Å². The van der Waals surface area contributed by atoms with Crippen molar-refractivity contribution in [2.75, 3.05) is 6.54 Å². The van der Waals surface area contributed by atoms with E-state index >= 15 is 0 Å². The van der Waals surface area contributed by atoms with Gasteiger partial charge in [0.05, 0.1) is 18.2 Å². The zero-order valence-corrected chi connectivity index (χ0v) is 13.7. The minimum absolute atomic E-state index is 0. The second-order valence-corrected chi connectivity index (χ2v) is 6.52. The van der Waals surface area contributed by atoms with Crippen molar-refractivity contribution in [1.82, 2.24) is 10.6 Å². The van der Waals surface area contributed by atoms with Crippen LogP contribution in [0.4, 0.5) is 0 Å². The van der Waals surface area contributed by atoms with Crippen LogP contribution in [-0.4, -0.2) is 35.3 Å². The van der Waals surface area contributed by atoms with Crippen LogP contribution in [-0.2, 0) is 4.79 Å². The van der Waals surface area contributed by atoms with Gasteiger partial charge in [0.1, 0.15) is 11.4 Å². The normalized spacial score (nSPS) is 29.0. The minimum atomic E-state index is -0.431. The largest absolute Gasteiger partial charge is 0.487 e. The van der Waals surface area contributed by atoms with E-state index in [9.17, 15) is 9.90 Å². The van der Waals surface area contributed by atoms with Crippen LogP contribution < -0.4 is 15.4 Å². The second kappa shape index (κ2) is 6.44. The van der Waals surface area contributed by atoms with E-state index in [4.69, 9.17) is 4.74 Å². The van der Waals surface area contributed by atoms with Crippen LogP contribution in [0.2, 0.25) is 0 Å². The summed E-state index contributed by atoms with van der Waals surface area (Å²) in [6, 6.07) is 7.46. The summed E-state index contributed by atoms with van der Waals surface area (Å²) < 4.78 is 5.97. The van der Waals surface area contributed by atoms with Gasteiger partial charge in [-0.1, -0.05) is 18.2 Å². The fourth-order valence-corrected chi connectivity index (χ4v) is 3.12. The minimum Gasteiger partial charge on any atom is -0.487 e. The molecule has 22 heavy (non-hydrogen) atoms. The number of fused-ring (bicyclic) bond motifs is 1. The van der Waals surface area contributed by atoms with Crippen LogP contribution in [0.1, 0.15) is 38.3 Å². The third-order valence-electron chi connectivity index (χ3n) is 4.12. The Morgan fingerprint density at radius 2 is 2.14 bits per heavy atom. The SMILES string of the molecule is CC1(C)CC(NC(=O)C2CC(O)CN2)c2ccccc2O1.Cl. The molecular weight excluding hydrogens is 304 g/mol. The predicted molar refractivity (Wildman–Crippen MR) is 86.3 cm³/mol. The molecule has 0 aromatic heterocycles. The number of rotatable bonds is 2. The lowest BCUT2D eigenvalue weighted by atomic mass is 9.89. The molecule has 0 saturated carbocycles. The molecule has 0 spiro atoms. The van der Waals surface area contributed by atoms with Crippen LogP contribution in [0.3, 0.4) is 0 Å². The van der Waals surface area contributed by atoms with Gasteiger partial charge in [0.2, 0.25) is 5.91 Å². The molecule has 1 aromatic carbocycles. The number of amides is 1. The number of hydrogen-bond donors (Lipinski definition) is 3. The quantitative estimate of drug-likeness (QED) is 0.771. The summed E-state index contributed by atoms with van der Waals surface area (Å²) in [7, 11) is 0. The van der Waals surface area contributed by atoms with E-state index in [-0.39, 0.29) is 36.0 Å². The Bertz CT molecular complexity index is 550. The average Bonchev–Trinajstić information content (AvgIpc) is 2.84. The Balaban J connectivity index is 0.00000176. The highest BCUT2D eigenvalue weighted by Crippen LogP contribution is 2.39. The molecule has 2 heterocycles. The zero-order valence-electron chi connectivity index (χ0n) is 12.8. The summed E-state index contributed by atoms with van der Waals surface area (Å²) in [6.45, 7) is 4.54. The van der Waals surface area contributed by atoms with Crippen LogP contribution in [0.5, 0.6) is 5.75 Å². The summed E-state index contributed by atoms with van der Waals surface area (Å²) in [6.07, 6.45) is 0.768. The number of para-hydroxylation sites is 1. The highest BCUT2D eigenvalue weighted by Gasteiger charge is 2.36. The standard InChI is InChI=1S/C16H22N2O3.ClH/c1-16(2)8-13(11-5-3-4-6-14(11)21-16)18-15(20)12-7-10(19)9-17-12;/h3-6,10,12-13,17,19H,7-9H2,1-2H3,(H,18,20);1H. The maximum absolute atomic E-state index is 12.4. The lowest BCUT2D eigenvalue weighted by molar-refractivity contribution is -0.124. The number of benzene rings is 1. The molecule has 122 valence electrons. The molecule has 2 aliphatic heterocycles. The number of ether oxygens (including phenoxy) is 1. The molecule has 3 N–H and O–H groups in total. The maximum Gasteiger partial charge on any atom is 0.237 e. The summed E-state index contributed by atoms with van der Waals surface area (Å²) in [5.41, 5.74) is 0.707. The van der Waals surface area contributed by atoms with Gasteiger partial charge in [-0.05, 0) is 26.3 Å². The fraction of sp³-hybridized carbons (Fsp3) is 0.562. The Hall–Kier alpha value is -1.30. The van der Waals surface area contributed by atoms with Crippen LogP contribution in [0, 0.1) is 0 Å². The first kappa shape index (κ1) is 17.1. The van der Waals surface area contributed by atoms with Crippen molar-refractivity contribution >= 4 is 18.3 Å². The fourth-order valence-electron chi connectivity index (χ4n) is 3.12. The molecule has 0 radical (unpaired) electrons. The van der Waals surface area contributed by atoms with Crippen LogP contribution in [0.25, 0.3) is 0 Å². The summed E-state index contributed by atoms with van der Waals surface area (Å²) in [4.78, 5) is 12.4. The van der Waals surface area contributed by atoms with Crippen LogP contribution in [0.15, 0.2) is 24.3 Å². The highest BCUT2D eigenvalue weighted by atomic mass is 35.5. The molecule has 1 aromatic rings. The van der Waals surface area contributed by atoms with Crippen molar-refractivity contribution in [3.05, 3.63) is 29.8 Å². The van der Waals surface area contributed by atoms with E-state index in [0.717, 1.165) is 17.7 Å². The topological polar surface area (TPSA) is 70.6 Å². The van der Waals surface area contributed by atoms with Gasteiger partial charge in [0.25, 0.3) is 0 Å². The number of aliphatic hydroxyl groups excluding tert-OH is 1. The smallest absolute Gasteiger partial charge is 0.237 e. The molecule has 1 amide bonds. The average molecular weight is 327 g/mol. The Labute approximate surface area is 136 Å². The Kier molecular flexibility index (Phi) is 5.00. The number of halogens is 1. The van der Waals surface area contributed by atoms with E-state index < -0.39 is 6.10 Å². The number of aliphatic hydroxyl groups is 1. The zero-order chi connectivity index (χ0) is 15.0. The molecule has 3 rings (SSSR count). The summed E-state index contributed by atoms with van der Waals surface area (Å²) in [5.74, 6) is 0.780. The first-order chi connectivity index (χ1) is 9.94. The molecule has 1 saturated heterocycles. The summed E-state index contributed by atoms with van der Waals surface area (Å²) >= 11 is 0. The van der Waals surface area contributed by atoms with Crippen LogP contribution >= 0.6 is 12.4 Å². The molecular formula is C16H23ClN2O3. The first-order valence-corrected chi connectivity index (χ1v) is 7.44. The van der Waals surface area contributed by atoms with Gasteiger partial charge in [0, 0.05) is 18.5 Å². The number of carbonyl (C=O) groups excluding carboxylic acids is 1. The van der Waals surface area contributed by atoms with E-state index in [2.05, 4.69) is 10.6 Å². The highest BCUT2D eigenvalue weighted by molar-refractivity contribution is 5.85. The predicted octanol–water partition coefficient (Wildman–Crippen LogP) is 1.55. The van der Waals surface area contributed by atoms with Gasteiger partial charge in [-0.25, -0.2) is 0 Å². The van der Waals surface area contributed by atoms with Gasteiger partial charge < -0.3 is 20.5 Å². The third kappa shape index (κ3) is 3.54. The van der Waals surface area contributed by atoms with E-state index in [1.165, 1.54) is 0 Å². The van der Waals surface area contributed by atoms with Crippen molar-refractivity contribution in [2.45, 2.75) is 50.5 Å². The third-order valence-corrected chi connectivity index (χ3v) is 4.12. The van der Waals surface area contributed by atoms with Gasteiger partial charge >= 0.3 is 0 Å². The summed E-state index contributed by atoms with van der Waals surface area (Å²) in [5, 5.41) is 15.7. The molecule has 3 unspecified atom stereocenters. The van der Waals surface area contributed by atoms with Gasteiger partial charge in [0.15, 0.2) is 0 Å².